The van der Waals surface area contributed by atoms with Gasteiger partial charge in [0.05, 0.1) is 25.9 Å². The zero-order chi connectivity index (χ0) is 20.1. The van der Waals surface area contributed by atoms with Crippen LogP contribution in [0.1, 0.15) is 41.3 Å². The highest BCUT2D eigenvalue weighted by molar-refractivity contribution is 5.74. The van der Waals surface area contributed by atoms with Crippen molar-refractivity contribution >= 4 is 6.03 Å². The molecule has 4 rings (SSSR count). The van der Waals surface area contributed by atoms with Gasteiger partial charge in [-0.1, -0.05) is 42.5 Å². The number of amides is 2. The molecular formula is C23H26N4O2. The van der Waals surface area contributed by atoms with Gasteiger partial charge >= 0.3 is 6.03 Å². The summed E-state index contributed by atoms with van der Waals surface area (Å²) < 4.78 is 7.22. The Labute approximate surface area is 170 Å². The minimum Gasteiger partial charge on any atom is -0.497 e. The number of hydrogen-bond acceptors (Lipinski definition) is 3. The van der Waals surface area contributed by atoms with Crippen molar-refractivity contribution in [3.8, 4) is 5.75 Å². The SMILES string of the molecule is COc1ccc(CNC(=O)NC2CCCc3c2cnn3Cc2ccccc2)cc1. The molecule has 6 heteroatoms. The van der Waals surface area contributed by atoms with E-state index >= 15 is 0 Å². The van der Waals surface area contributed by atoms with Crippen LogP contribution in [0.3, 0.4) is 0 Å². The highest BCUT2D eigenvalue weighted by Gasteiger charge is 2.25. The number of nitrogens with one attached hydrogen (secondary N) is 2. The average Bonchev–Trinajstić information content (AvgIpc) is 3.17. The third-order valence-electron chi connectivity index (χ3n) is 5.36. The van der Waals surface area contributed by atoms with Gasteiger partial charge in [0.25, 0.3) is 0 Å². The molecule has 29 heavy (non-hydrogen) atoms. The van der Waals surface area contributed by atoms with E-state index in [9.17, 15) is 4.79 Å². The normalized spacial score (nSPS) is 15.4. The zero-order valence-electron chi connectivity index (χ0n) is 16.6. The summed E-state index contributed by atoms with van der Waals surface area (Å²) in [5.74, 6) is 0.806. The van der Waals surface area contributed by atoms with E-state index in [-0.39, 0.29) is 12.1 Å². The van der Waals surface area contributed by atoms with Crippen LogP contribution in [0.2, 0.25) is 0 Å². The van der Waals surface area contributed by atoms with Crippen molar-refractivity contribution in [2.24, 2.45) is 0 Å². The molecule has 3 aromatic rings. The molecule has 0 fully saturated rings. The number of carbonyl (C=O) groups excluding carboxylic acids is 1. The lowest BCUT2D eigenvalue weighted by atomic mass is 9.93. The minimum absolute atomic E-state index is 0.000796. The van der Waals surface area contributed by atoms with E-state index in [1.807, 2.05) is 48.7 Å². The van der Waals surface area contributed by atoms with Gasteiger partial charge in [0.1, 0.15) is 5.75 Å². The van der Waals surface area contributed by atoms with Crippen LogP contribution >= 0.6 is 0 Å². The zero-order valence-corrected chi connectivity index (χ0v) is 16.6. The summed E-state index contributed by atoms with van der Waals surface area (Å²) in [6.45, 7) is 1.23. The van der Waals surface area contributed by atoms with E-state index in [1.165, 1.54) is 11.3 Å². The first kappa shape index (κ1) is 19.1. The maximum atomic E-state index is 12.4. The Hall–Kier alpha value is -3.28. The van der Waals surface area contributed by atoms with E-state index in [1.54, 1.807) is 7.11 Å². The van der Waals surface area contributed by atoms with Crippen LogP contribution in [0.25, 0.3) is 0 Å². The monoisotopic (exact) mass is 390 g/mol. The largest absolute Gasteiger partial charge is 0.497 e. The molecule has 150 valence electrons. The van der Waals surface area contributed by atoms with Crippen molar-refractivity contribution < 1.29 is 9.53 Å². The van der Waals surface area contributed by atoms with Crippen LogP contribution < -0.4 is 15.4 Å². The van der Waals surface area contributed by atoms with Gasteiger partial charge in [-0.25, -0.2) is 4.79 Å². The Morgan fingerprint density at radius 1 is 1.14 bits per heavy atom. The van der Waals surface area contributed by atoms with Gasteiger partial charge in [-0.05, 0) is 42.5 Å². The summed E-state index contributed by atoms with van der Waals surface area (Å²) in [6.07, 6.45) is 4.87. The molecule has 0 bridgehead atoms. The number of nitrogens with zero attached hydrogens (tertiary/aromatic N) is 2. The predicted octanol–water partition coefficient (Wildman–Crippen LogP) is 3.82. The minimum atomic E-state index is -0.158. The second kappa shape index (κ2) is 8.82. The number of rotatable bonds is 6. The van der Waals surface area contributed by atoms with Crippen molar-refractivity contribution in [2.75, 3.05) is 7.11 Å². The second-order valence-electron chi connectivity index (χ2n) is 7.31. The van der Waals surface area contributed by atoms with Crippen molar-refractivity contribution in [3.63, 3.8) is 0 Å². The summed E-state index contributed by atoms with van der Waals surface area (Å²) in [6, 6.07) is 17.9. The number of hydrogen-bond donors (Lipinski definition) is 2. The molecule has 2 N–H and O–H groups in total. The molecule has 0 saturated carbocycles. The summed E-state index contributed by atoms with van der Waals surface area (Å²) in [4.78, 5) is 12.4. The van der Waals surface area contributed by atoms with Crippen LogP contribution in [0.4, 0.5) is 4.79 Å². The number of benzene rings is 2. The fourth-order valence-corrected chi connectivity index (χ4v) is 3.80. The molecule has 6 nitrogen and oxygen atoms in total. The van der Waals surface area contributed by atoms with Crippen molar-refractivity contribution in [3.05, 3.63) is 83.2 Å². The van der Waals surface area contributed by atoms with Crippen LogP contribution in [0, 0.1) is 0 Å². The van der Waals surface area contributed by atoms with Crippen LogP contribution in [-0.2, 0) is 19.5 Å². The Balaban J connectivity index is 1.37. The van der Waals surface area contributed by atoms with Gasteiger partial charge in [-0.3, -0.25) is 4.68 Å². The molecule has 0 aliphatic heterocycles. The third kappa shape index (κ3) is 4.59. The van der Waals surface area contributed by atoms with E-state index < -0.39 is 0 Å². The highest BCUT2D eigenvalue weighted by Crippen LogP contribution is 2.30. The first-order valence-corrected chi connectivity index (χ1v) is 9.99. The molecule has 0 saturated heterocycles. The van der Waals surface area contributed by atoms with E-state index in [0.29, 0.717) is 6.54 Å². The third-order valence-corrected chi connectivity index (χ3v) is 5.36. The van der Waals surface area contributed by atoms with Crippen molar-refractivity contribution in [1.29, 1.82) is 0 Å². The van der Waals surface area contributed by atoms with Gasteiger partial charge < -0.3 is 15.4 Å². The van der Waals surface area contributed by atoms with E-state index in [2.05, 4.69) is 32.5 Å². The topological polar surface area (TPSA) is 68.2 Å². The van der Waals surface area contributed by atoms with Crippen molar-refractivity contribution in [1.82, 2.24) is 20.4 Å². The molecule has 1 aliphatic rings. The maximum absolute atomic E-state index is 12.4. The molecule has 1 unspecified atom stereocenters. The first-order valence-electron chi connectivity index (χ1n) is 9.99. The lowest BCUT2D eigenvalue weighted by Crippen LogP contribution is -2.38. The lowest BCUT2D eigenvalue weighted by molar-refractivity contribution is 0.235. The number of fused-ring (bicyclic) bond motifs is 1. The Morgan fingerprint density at radius 2 is 1.93 bits per heavy atom. The number of methoxy groups -OCH3 is 1. The van der Waals surface area contributed by atoms with Crippen LogP contribution in [0.5, 0.6) is 5.75 Å². The summed E-state index contributed by atoms with van der Waals surface area (Å²) >= 11 is 0. The van der Waals surface area contributed by atoms with Gasteiger partial charge in [-0.2, -0.15) is 5.10 Å². The number of aromatic nitrogens is 2. The lowest BCUT2D eigenvalue weighted by Gasteiger charge is -2.24. The van der Waals surface area contributed by atoms with Gasteiger partial charge in [0, 0.05) is 17.8 Å². The highest BCUT2D eigenvalue weighted by atomic mass is 16.5. The number of carbonyl (C=O) groups is 1. The van der Waals surface area contributed by atoms with E-state index in [0.717, 1.165) is 42.7 Å². The molecule has 1 aromatic heterocycles. The maximum Gasteiger partial charge on any atom is 0.315 e. The van der Waals surface area contributed by atoms with Gasteiger partial charge in [-0.15, -0.1) is 0 Å². The number of ether oxygens (including phenoxy) is 1. The second-order valence-corrected chi connectivity index (χ2v) is 7.31. The first-order chi connectivity index (χ1) is 14.2. The average molecular weight is 390 g/mol. The summed E-state index contributed by atoms with van der Waals surface area (Å²) in [5.41, 5.74) is 4.61. The predicted molar refractivity (Wildman–Crippen MR) is 112 cm³/mol. The molecule has 0 radical (unpaired) electrons. The molecular weight excluding hydrogens is 364 g/mol. The molecule has 1 atom stereocenters. The van der Waals surface area contributed by atoms with Crippen LogP contribution in [-0.4, -0.2) is 22.9 Å². The molecule has 2 aromatic carbocycles. The number of urea groups is 1. The summed E-state index contributed by atoms with van der Waals surface area (Å²) in [5, 5.41) is 10.7. The molecule has 1 heterocycles. The summed E-state index contributed by atoms with van der Waals surface area (Å²) in [7, 11) is 1.64. The standard InChI is InChI=1S/C23H26N4O2/c1-29-19-12-10-17(11-13-19)14-24-23(28)26-21-8-5-9-22-20(21)15-25-27(22)16-18-6-3-2-4-7-18/h2-4,6-7,10-13,15,21H,5,8-9,14,16H2,1H3,(H2,24,26,28). The smallest absolute Gasteiger partial charge is 0.315 e. The quantitative estimate of drug-likeness (QED) is 0.672. The Kier molecular flexibility index (Phi) is 5.79. The van der Waals surface area contributed by atoms with E-state index in [4.69, 9.17) is 4.74 Å². The fraction of sp³-hybridized carbons (Fsp3) is 0.304. The van der Waals surface area contributed by atoms with Crippen molar-refractivity contribution in [2.45, 2.75) is 38.4 Å². The molecule has 2 amide bonds. The van der Waals surface area contributed by atoms with Crippen LogP contribution in [0.15, 0.2) is 60.8 Å². The molecule has 1 aliphatic carbocycles. The Morgan fingerprint density at radius 3 is 2.69 bits per heavy atom. The Bertz CT molecular complexity index is 951. The molecule has 0 spiro atoms. The fourth-order valence-electron chi connectivity index (χ4n) is 3.80. The van der Waals surface area contributed by atoms with Gasteiger partial charge in [0.15, 0.2) is 0 Å². The van der Waals surface area contributed by atoms with Gasteiger partial charge in [0.2, 0.25) is 0 Å².